The summed E-state index contributed by atoms with van der Waals surface area (Å²) >= 11 is 9.46. The van der Waals surface area contributed by atoms with Gasteiger partial charge in [-0.15, -0.1) is 23.1 Å². The third kappa shape index (κ3) is 22.5. The number of thioether (sulfide) groups is 1. The maximum Gasteiger partial charge on any atom is 0.501 e. The van der Waals surface area contributed by atoms with Gasteiger partial charge in [0.15, 0.2) is 0 Å². The number of benzene rings is 5. The number of aromatic nitrogens is 1. The number of nitrogens with zero attached hydrogens (tertiary/aromatic N) is 7. The lowest BCUT2D eigenvalue weighted by Gasteiger charge is -2.44. The number of nitrogens with one attached hydrogen (secondary N) is 4. The van der Waals surface area contributed by atoms with E-state index in [0.717, 1.165) is 155 Å². The molecule has 0 saturated carbocycles. The van der Waals surface area contributed by atoms with Crippen LogP contribution in [0, 0.1) is 17.8 Å². The van der Waals surface area contributed by atoms with Crippen molar-refractivity contribution in [1.82, 2.24) is 44.8 Å². The fourth-order valence-corrected chi connectivity index (χ4v) is 19.6. The first-order valence-electron chi connectivity index (χ1n) is 38.7. The average molecular weight is 1610 g/mol. The van der Waals surface area contributed by atoms with E-state index < -0.39 is 70.3 Å². The summed E-state index contributed by atoms with van der Waals surface area (Å²) in [6.07, 6.45) is 9.91. The van der Waals surface area contributed by atoms with E-state index in [4.69, 9.17) is 16.3 Å². The lowest BCUT2D eigenvalue weighted by atomic mass is 9.71. The van der Waals surface area contributed by atoms with Crippen molar-refractivity contribution in [2.45, 2.75) is 163 Å². The summed E-state index contributed by atoms with van der Waals surface area (Å²) < 4.78 is 105. The fourth-order valence-electron chi connectivity index (χ4n) is 15.6. The number of thiazole rings is 1. The van der Waals surface area contributed by atoms with Gasteiger partial charge in [0.2, 0.25) is 17.7 Å². The van der Waals surface area contributed by atoms with Gasteiger partial charge in [-0.25, -0.2) is 26.5 Å². The average Bonchev–Trinajstić information content (AvgIpc) is 1.05. The summed E-state index contributed by atoms with van der Waals surface area (Å²) in [6.45, 7) is 25.5. The number of aryl methyl sites for hydroxylation is 1. The number of sulfonamides is 1. The van der Waals surface area contributed by atoms with Crippen LogP contribution in [-0.4, -0.2) is 211 Å². The van der Waals surface area contributed by atoms with Crippen LogP contribution in [0.1, 0.15) is 145 Å². The number of likely N-dealkylation sites (tertiary alicyclic amines) is 1. The highest BCUT2D eigenvalue weighted by Gasteiger charge is 2.49. The predicted octanol–water partition coefficient (Wildman–Crippen LogP) is 13.6. The number of piperazine rings is 2. The van der Waals surface area contributed by atoms with E-state index in [1.165, 1.54) is 40.6 Å². The molecule has 11 rings (SSSR count). The normalized spacial score (nSPS) is 19.8. The molecule has 28 heteroatoms. The number of alkyl halides is 3. The van der Waals surface area contributed by atoms with Crippen molar-refractivity contribution in [3.05, 3.63) is 160 Å². The van der Waals surface area contributed by atoms with Crippen molar-refractivity contribution in [2.24, 2.45) is 10.8 Å². The minimum atomic E-state index is -6.10. The minimum Gasteiger partial charge on any atom is -0.380 e. The lowest BCUT2D eigenvalue weighted by Crippen LogP contribution is -2.57. The quantitative estimate of drug-likeness (QED) is 0.0227. The highest BCUT2D eigenvalue weighted by Crippen LogP contribution is 2.45. The Morgan fingerprint density at radius 1 is 0.745 bits per heavy atom. The molecule has 4 N–H and O–H groups in total. The number of morpholine rings is 1. The van der Waals surface area contributed by atoms with Crippen molar-refractivity contribution >= 4 is 95.1 Å². The van der Waals surface area contributed by atoms with Crippen LogP contribution in [0.15, 0.2) is 147 Å². The molecule has 6 aromatic rings. The summed E-state index contributed by atoms with van der Waals surface area (Å²) in [6, 6.07) is 32.4. The molecule has 0 bridgehead atoms. The Bertz CT molecular complexity index is 4360. The van der Waals surface area contributed by atoms with Crippen molar-refractivity contribution in [1.29, 1.82) is 0 Å². The molecule has 4 amide bonds. The number of ether oxygens (including phenoxy) is 1. The van der Waals surface area contributed by atoms with Gasteiger partial charge in [-0.05, 0) is 172 Å². The van der Waals surface area contributed by atoms with Crippen molar-refractivity contribution in [2.75, 3.05) is 127 Å². The molecular weight excluding hydrogens is 1500 g/mol. The zero-order chi connectivity index (χ0) is 78.4. The third-order valence-electron chi connectivity index (χ3n) is 22.0. The Morgan fingerprint density at radius 3 is 2.07 bits per heavy atom. The number of rotatable bonds is 32. The monoisotopic (exact) mass is 1610 g/mol. The van der Waals surface area contributed by atoms with Gasteiger partial charge in [-0.3, -0.25) is 29.0 Å². The molecule has 1 aliphatic carbocycles. The summed E-state index contributed by atoms with van der Waals surface area (Å²) in [5.41, 5.74) is 3.03. The van der Waals surface area contributed by atoms with Gasteiger partial charge < -0.3 is 40.3 Å². The Balaban J connectivity index is 0.611. The van der Waals surface area contributed by atoms with Crippen molar-refractivity contribution < 1.29 is 53.9 Å². The summed E-state index contributed by atoms with van der Waals surface area (Å²) in [7, 11) is -11.0. The number of carbonyl (C=O) groups excluding carboxylic acids is 4. The molecule has 0 radical (unpaired) electrons. The first-order valence-corrected chi connectivity index (χ1v) is 43.9. The van der Waals surface area contributed by atoms with Gasteiger partial charge >= 0.3 is 5.51 Å². The van der Waals surface area contributed by atoms with Crippen LogP contribution >= 0.6 is 34.7 Å². The van der Waals surface area contributed by atoms with E-state index in [9.17, 15) is 49.2 Å². The number of halogens is 4. The molecule has 110 heavy (non-hydrogen) atoms. The van der Waals surface area contributed by atoms with E-state index in [2.05, 4.69) is 76.6 Å². The second-order valence-corrected chi connectivity index (χ2v) is 37.4. The van der Waals surface area contributed by atoms with Crippen LogP contribution < -0.4 is 25.6 Å². The predicted molar refractivity (Wildman–Crippen MR) is 432 cm³/mol. The molecule has 4 fully saturated rings. The third-order valence-corrected chi connectivity index (χ3v) is 27.3. The van der Waals surface area contributed by atoms with Gasteiger partial charge in [0, 0.05) is 131 Å². The molecule has 5 heterocycles. The number of hydrogen-bond donors (Lipinski definition) is 4. The van der Waals surface area contributed by atoms with E-state index >= 15 is 0 Å². The van der Waals surface area contributed by atoms with Crippen LogP contribution in [-0.2, 0) is 39.0 Å². The molecule has 5 aliphatic rings. The number of amides is 4. The standard InChI is InChI=1S/C82H107ClF3N11O9S4/c1-58(60-20-22-62(23-21-60)75-59(2)87-57-108-75)88-78(100)72-18-15-38-97(72)79(101)76(80(3,4)5)90-74(98)19-13-8-7-9-14-37-92-40-42-95(43-41-92)56-81(6)36-34-70(61-24-28-65(83)29-25-61)64(53-81)54-94-44-46-96(47-45-94)67-30-26-63(27-31-67)77(99)91-110(104,105)69-32-33-71(73(52-69)109(102,103)82(84,85)86)89-66(35-39-93-48-50-106-51-49-93)55-107-68-16-11-10-12-17-68/h10-12,16-17,20-33,52,57-58,66,72,76,89H,7-9,13-15,18-19,34-51,53-56H2,1-6H3,(H,88,100)(H,90,98)(H,91,99)/t58-,66+,72-,76?,81?/m0/s1. The first-order chi connectivity index (χ1) is 52.5. The van der Waals surface area contributed by atoms with Gasteiger partial charge in [0.25, 0.3) is 25.8 Å². The SMILES string of the molecule is Cc1ncsc1-c1ccc([C@H](C)NC(=O)[C@@H]2CCCN2C(=O)C(NC(=O)CCCCCCCN2CCN(CC3(C)CCC(c4ccc(Cl)cc4)=C(CN4CCN(c5ccc(C(=O)NS(=O)(=O)c6ccc(N[C@H](CCN7CCOCC7)CSc7ccccc7)c(S(=O)(=O)C(F)(F)F)c6)cc5)CC4)C3)CC2)C(C)(C)C)cc1. The van der Waals surface area contributed by atoms with Crippen molar-refractivity contribution in [3.8, 4) is 10.4 Å². The highest BCUT2D eigenvalue weighted by atomic mass is 35.5. The topological polar surface area (TPSA) is 226 Å². The number of hydrogen-bond acceptors (Lipinski definition) is 18. The first kappa shape index (κ1) is 84.0. The zero-order valence-corrected chi connectivity index (χ0v) is 68.1. The van der Waals surface area contributed by atoms with Gasteiger partial charge in [-0.2, -0.15) is 13.2 Å². The number of sulfone groups is 1. The lowest BCUT2D eigenvalue weighted by molar-refractivity contribution is -0.144. The molecular formula is C82H107ClF3N11O9S4. The fraction of sp³-hybridized carbons (Fsp3) is 0.524. The molecule has 1 aromatic heterocycles. The van der Waals surface area contributed by atoms with E-state index in [1.807, 2.05) is 99.4 Å². The molecule has 5 atom stereocenters. The van der Waals surface area contributed by atoms with Crippen LogP contribution in [0.4, 0.5) is 24.5 Å². The van der Waals surface area contributed by atoms with Gasteiger partial charge in [-0.1, -0.05) is 119 Å². The number of unbranched alkanes of at least 4 members (excludes halogenated alkanes) is 4. The summed E-state index contributed by atoms with van der Waals surface area (Å²) in [5, 5.41) is 9.95. The maximum atomic E-state index is 14.4. The molecule has 4 saturated heterocycles. The van der Waals surface area contributed by atoms with Crippen LogP contribution in [0.3, 0.4) is 0 Å². The van der Waals surface area contributed by atoms with Crippen LogP contribution in [0.2, 0.25) is 5.02 Å². The Morgan fingerprint density at radius 2 is 1.40 bits per heavy atom. The van der Waals surface area contributed by atoms with Crippen LogP contribution in [0.25, 0.3) is 16.0 Å². The van der Waals surface area contributed by atoms with Crippen molar-refractivity contribution in [3.63, 3.8) is 0 Å². The minimum absolute atomic E-state index is 0.0198. The second-order valence-electron chi connectivity index (χ2n) is 31.4. The molecule has 2 unspecified atom stereocenters. The zero-order valence-electron chi connectivity index (χ0n) is 64.1. The Kier molecular flexibility index (Phi) is 28.9. The van der Waals surface area contributed by atoms with E-state index in [0.29, 0.717) is 95.0 Å². The van der Waals surface area contributed by atoms with E-state index in [-0.39, 0.29) is 34.7 Å². The molecule has 0 spiro atoms. The molecule has 20 nitrogen and oxygen atoms in total. The van der Waals surface area contributed by atoms with Crippen LogP contribution in [0.5, 0.6) is 0 Å². The highest BCUT2D eigenvalue weighted by molar-refractivity contribution is 7.99. The summed E-state index contributed by atoms with van der Waals surface area (Å²) in [5.74, 6) is -1.22. The Hall–Kier alpha value is -6.92. The molecule has 596 valence electrons. The number of carbonyl (C=O) groups is 4. The smallest absolute Gasteiger partial charge is 0.380 e. The largest absolute Gasteiger partial charge is 0.501 e. The van der Waals surface area contributed by atoms with E-state index in [1.54, 1.807) is 28.4 Å². The molecule has 4 aliphatic heterocycles. The summed E-state index contributed by atoms with van der Waals surface area (Å²) in [4.78, 5) is 73.3. The number of anilines is 2. The number of allylic oxidation sites excluding steroid dienone is 1. The maximum absolute atomic E-state index is 14.4. The van der Waals surface area contributed by atoms with Gasteiger partial charge in [0.05, 0.1) is 45.9 Å². The Labute approximate surface area is 661 Å². The van der Waals surface area contributed by atoms with Gasteiger partial charge in [0.1, 0.15) is 17.0 Å². The molecule has 5 aromatic carbocycles. The second kappa shape index (κ2) is 37.8.